The Morgan fingerprint density at radius 3 is 2.94 bits per heavy atom. The van der Waals surface area contributed by atoms with Gasteiger partial charge in [0.15, 0.2) is 0 Å². The lowest BCUT2D eigenvalue weighted by Crippen LogP contribution is -2.06. The first-order chi connectivity index (χ1) is 8.75. The van der Waals surface area contributed by atoms with Gasteiger partial charge in [0, 0.05) is 24.2 Å². The van der Waals surface area contributed by atoms with Gasteiger partial charge in [-0.3, -0.25) is 9.78 Å². The highest BCUT2D eigenvalue weighted by molar-refractivity contribution is 6.09. The number of ketones is 1. The van der Waals surface area contributed by atoms with Crippen molar-refractivity contribution in [1.82, 2.24) is 14.5 Å². The highest BCUT2D eigenvalue weighted by atomic mass is 16.1. The second kappa shape index (κ2) is 4.07. The fourth-order valence-electron chi connectivity index (χ4n) is 1.93. The number of imidazole rings is 1. The number of rotatable bonds is 2. The van der Waals surface area contributed by atoms with Crippen LogP contribution in [0.1, 0.15) is 16.1 Å². The van der Waals surface area contributed by atoms with E-state index in [1.807, 2.05) is 30.3 Å². The Morgan fingerprint density at radius 2 is 2.17 bits per heavy atom. The number of hydrogen-bond donors (Lipinski definition) is 0. The van der Waals surface area contributed by atoms with E-state index in [2.05, 4.69) is 9.97 Å². The molecule has 3 rings (SSSR count). The lowest BCUT2D eigenvalue weighted by Gasteiger charge is -2.03. The second-order valence-corrected chi connectivity index (χ2v) is 4.13. The molecule has 88 valence electrons. The molecule has 0 saturated carbocycles. The van der Waals surface area contributed by atoms with E-state index >= 15 is 0 Å². The molecule has 0 radical (unpaired) electrons. The molecule has 0 aliphatic rings. The van der Waals surface area contributed by atoms with Crippen molar-refractivity contribution in [1.29, 1.82) is 0 Å². The van der Waals surface area contributed by atoms with Crippen LogP contribution in [0.4, 0.5) is 0 Å². The van der Waals surface area contributed by atoms with E-state index in [-0.39, 0.29) is 5.78 Å². The van der Waals surface area contributed by atoms with Gasteiger partial charge in [-0.05, 0) is 12.1 Å². The molecular weight excluding hydrogens is 226 g/mol. The van der Waals surface area contributed by atoms with Crippen LogP contribution in [0.3, 0.4) is 0 Å². The maximum atomic E-state index is 12.3. The van der Waals surface area contributed by atoms with Crippen LogP contribution in [0.25, 0.3) is 10.9 Å². The number of aromatic nitrogens is 3. The molecule has 0 unspecified atom stereocenters. The second-order valence-electron chi connectivity index (χ2n) is 4.13. The number of nitrogens with zero attached hydrogens (tertiary/aromatic N) is 3. The lowest BCUT2D eigenvalue weighted by atomic mass is 10.1. The predicted octanol–water partition coefficient (Wildman–Crippen LogP) is 2.20. The van der Waals surface area contributed by atoms with Crippen molar-refractivity contribution in [3.8, 4) is 0 Å². The number of pyridine rings is 1. The quantitative estimate of drug-likeness (QED) is 0.642. The van der Waals surface area contributed by atoms with Crippen molar-refractivity contribution in [3.05, 3.63) is 60.3 Å². The summed E-state index contributed by atoms with van der Waals surface area (Å²) in [7, 11) is 1.81. The normalized spacial score (nSPS) is 10.7. The number of carbonyl (C=O) groups is 1. The summed E-state index contributed by atoms with van der Waals surface area (Å²) in [5, 5.41) is 1.03. The van der Waals surface area contributed by atoms with E-state index in [9.17, 15) is 4.79 Å². The van der Waals surface area contributed by atoms with Crippen molar-refractivity contribution >= 4 is 16.7 Å². The molecule has 0 bridgehead atoms. The molecule has 3 aromatic rings. The average molecular weight is 237 g/mol. The van der Waals surface area contributed by atoms with Crippen molar-refractivity contribution in [2.24, 2.45) is 7.05 Å². The Labute approximate surface area is 104 Å². The third kappa shape index (κ3) is 1.68. The van der Waals surface area contributed by atoms with Crippen LogP contribution in [-0.2, 0) is 7.05 Å². The molecule has 0 spiro atoms. The number of benzene rings is 1. The van der Waals surface area contributed by atoms with Crippen LogP contribution in [-0.4, -0.2) is 20.3 Å². The number of fused-ring (bicyclic) bond motifs is 1. The zero-order chi connectivity index (χ0) is 12.5. The van der Waals surface area contributed by atoms with Crippen LogP contribution < -0.4 is 0 Å². The van der Waals surface area contributed by atoms with Crippen LogP contribution >= 0.6 is 0 Å². The fraction of sp³-hybridized carbons (Fsp3) is 0.0714. The lowest BCUT2D eigenvalue weighted by molar-refractivity contribution is 0.103. The van der Waals surface area contributed by atoms with E-state index in [0.29, 0.717) is 11.3 Å². The third-order valence-corrected chi connectivity index (χ3v) is 2.92. The summed E-state index contributed by atoms with van der Waals surface area (Å²) >= 11 is 0. The summed E-state index contributed by atoms with van der Waals surface area (Å²) in [5.41, 5.74) is 2.03. The highest BCUT2D eigenvalue weighted by Gasteiger charge is 2.12. The van der Waals surface area contributed by atoms with Gasteiger partial charge in [-0.25, -0.2) is 4.98 Å². The monoisotopic (exact) mass is 237 g/mol. The van der Waals surface area contributed by atoms with E-state index < -0.39 is 0 Å². The van der Waals surface area contributed by atoms with Gasteiger partial charge in [-0.1, -0.05) is 18.2 Å². The third-order valence-electron chi connectivity index (χ3n) is 2.92. The minimum absolute atomic E-state index is 0.0393. The number of aryl methyl sites for hydroxylation is 1. The fourth-order valence-corrected chi connectivity index (χ4v) is 1.93. The number of hydrogen-bond acceptors (Lipinski definition) is 3. The molecule has 4 heteroatoms. The van der Waals surface area contributed by atoms with Crippen LogP contribution in [0.5, 0.6) is 0 Å². The summed E-state index contributed by atoms with van der Waals surface area (Å²) in [6.07, 6.45) is 4.91. The molecule has 0 atom stereocenters. The van der Waals surface area contributed by atoms with Gasteiger partial charge in [-0.15, -0.1) is 0 Å². The molecule has 0 aliphatic carbocycles. The Kier molecular flexibility index (Phi) is 2.41. The van der Waals surface area contributed by atoms with Crippen LogP contribution in [0.15, 0.2) is 49.1 Å². The molecule has 2 heterocycles. The molecule has 0 saturated heterocycles. The highest BCUT2D eigenvalue weighted by Crippen LogP contribution is 2.16. The van der Waals surface area contributed by atoms with Crippen molar-refractivity contribution in [3.63, 3.8) is 0 Å². The van der Waals surface area contributed by atoms with Gasteiger partial charge in [0.25, 0.3) is 0 Å². The first kappa shape index (κ1) is 10.7. The van der Waals surface area contributed by atoms with Crippen molar-refractivity contribution in [2.75, 3.05) is 0 Å². The summed E-state index contributed by atoms with van der Waals surface area (Å²) in [4.78, 5) is 20.5. The van der Waals surface area contributed by atoms with Gasteiger partial charge in [0.05, 0.1) is 18.0 Å². The first-order valence-corrected chi connectivity index (χ1v) is 5.61. The van der Waals surface area contributed by atoms with Gasteiger partial charge in [-0.2, -0.15) is 0 Å². The smallest absolute Gasteiger partial charge is 0.211 e. The molecule has 2 aromatic heterocycles. The van der Waals surface area contributed by atoms with Crippen molar-refractivity contribution in [2.45, 2.75) is 0 Å². The Balaban J connectivity index is 2.10. The molecule has 0 aliphatic heterocycles. The van der Waals surface area contributed by atoms with Gasteiger partial charge >= 0.3 is 0 Å². The summed E-state index contributed by atoms with van der Waals surface area (Å²) in [6.45, 7) is 0. The zero-order valence-corrected chi connectivity index (χ0v) is 9.87. The Morgan fingerprint density at radius 1 is 1.28 bits per heavy atom. The SMILES string of the molecule is Cn1cncc1C(=O)c1ccc2cccnc2c1. The molecule has 4 nitrogen and oxygen atoms in total. The summed E-state index contributed by atoms with van der Waals surface area (Å²) in [6, 6.07) is 9.39. The number of carbonyl (C=O) groups excluding carboxylic acids is 1. The van der Waals surface area contributed by atoms with Crippen LogP contribution in [0, 0.1) is 0 Å². The van der Waals surface area contributed by atoms with E-state index in [1.54, 1.807) is 30.3 Å². The average Bonchev–Trinajstić information content (AvgIpc) is 2.83. The molecule has 0 N–H and O–H groups in total. The first-order valence-electron chi connectivity index (χ1n) is 5.61. The topological polar surface area (TPSA) is 47.8 Å². The Hall–Kier alpha value is -2.49. The maximum Gasteiger partial charge on any atom is 0.211 e. The van der Waals surface area contributed by atoms with Gasteiger partial charge < -0.3 is 4.57 Å². The maximum absolute atomic E-state index is 12.3. The van der Waals surface area contributed by atoms with Crippen molar-refractivity contribution < 1.29 is 4.79 Å². The Bertz CT molecular complexity index is 730. The summed E-state index contributed by atoms with van der Waals surface area (Å²) < 4.78 is 1.71. The molecule has 0 fully saturated rings. The standard InChI is InChI=1S/C14H11N3O/c1-17-9-15-8-13(17)14(18)11-5-4-10-3-2-6-16-12(10)7-11/h2-9H,1H3. The van der Waals surface area contributed by atoms with E-state index in [4.69, 9.17) is 0 Å². The van der Waals surface area contributed by atoms with Gasteiger partial charge in [0.1, 0.15) is 5.69 Å². The minimum atomic E-state index is -0.0393. The minimum Gasteiger partial charge on any atom is -0.331 e. The molecule has 0 amide bonds. The van der Waals surface area contributed by atoms with E-state index in [1.165, 1.54) is 0 Å². The molecule has 18 heavy (non-hydrogen) atoms. The van der Waals surface area contributed by atoms with E-state index in [0.717, 1.165) is 10.9 Å². The predicted molar refractivity (Wildman–Crippen MR) is 68.4 cm³/mol. The van der Waals surface area contributed by atoms with Crippen LogP contribution in [0.2, 0.25) is 0 Å². The summed E-state index contributed by atoms with van der Waals surface area (Å²) in [5.74, 6) is -0.0393. The largest absolute Gasteiger partial charge is 0.331 e. The molecular formula is C14H11N3O. The molecule has 1 aromatic carbocycles. The zero-order valence-electron chi connectivity index (χ0n) is 9.87. The van der Waals surface area contributed by atoms with Gasteiger partial charge in [0.2, 0.25) is 5.78 Å².